The number of rotatable bonds is 13. The van der Waals surface area contributed by atoms with E-state index >= 15 is 0 Å². The van der Waals surface area contributed by atoms with Gasteiger partial charge in [-0.2, -0.15) is 0 Å². The van der Waals surface area contributed by atoms with Crippen molar-refractivity contribution in [2.45, 2.75) is 145 Å². The Bertz CT molecular complexity index is 938. The SMILES string of the molecule is C=C(C)C.C=CC1CC2(C)C(CCC3C4(C)CCC[C@@H](C)C4CC[C@@]32C)C1C(N)C(=C)NCCCNCCCN.CCCC(C)C. The van der Waals surface area contributed by atoms with Gasteiger partial charge in [0.1, 0.15) is 0 Å². The molecule has 8 unspecified atom stereocenters. The summed E-state index contributed by atoms with van der Waals surface area (Å²) in [5.41, 5.74) is 16.1. The zero-order valence-corrected chi connectivity index (χ0v) is 32.3. The van der Waals surface area contributed by atoms with Crippen molar-refractivity contribution in [1.29, 1.82) is 0 Å². The molecule has 6 N–H and O–H groups in total. The van der Waals surface area contributed by atoms with Crippen molar-refractivity contribution in [3.63, 3.8) is 0 Å². The molecule has 4 fully saturated rings. The Labute approximate surface area is 287 Å². The van der Waals surface area contributed by atoms with E-state index in [2.05, 4.69) is 84.9 Å². The third-order valence-corrected chi connectivity index (χ3v) is 13.4. The fraction of sp³-hybridized carbons (Fsp3) is 0.857. The largest absolute Gasteiger partial charge is 0.387 e. The van der Waals surface area contributed by atoms with Gasteiger partial charge < -0.3 is 22.1 Å². The van der Waals surface area contributed by atoms with Gasteiger partial charge in [-0.05, 0) is 143 Å². The molecule has 4 aliphatic rings. The minimum atomic E-state index is -0.00759. The summed E-state index contributed by atoms with van der Waals surface area (Å²) in [5, 5.41) is 7.06. The molecule has 4 nitrogen and oxygen atoms in total. The minimum Gasteiger partial charge on any atom is -0.387 e. The van der Waals surface area contributed by atoms with Crippen molar-refractivity contribution >= 4 is 0 Å². The van der Waals surface area contributed by atoms with Gasteiger partial charge in [0.15, 0.2) is 0 Å². The molecule has 0 amide bonds. The highest BCUT2D eigenvalue weighted by atomic mass is 14.9. The van der Waals surface area contributed by atoms with Crippen LogP contribution in [0.2, 0.25) is 0 Å². The zero-order chi connectivity index (χ0) is 34.7. The number of hydrogen-bond acceptors (Lipinski definition) is 4. The van der Waals surface area contributed by atoms with Crippen LogP contribution in [0.1, 0.15) is 139 Å². The first-order valence-corrected chi connectivity index (χ1v) is 19.5. The molecule has 10 atom stereocenters. The number of fused-ring (bicyclic) bond motifs is 5. The second-order valence-corrected chi connectivity index (χ2v) is 17.4. The molecule has 4 rings (SSSR count). The maximum atomic E-state index is 7.06. The molecule has 268 valence electrons. The van der Waals surface area contributed by atoms with Crippen LogP contribution in [0.15, 0.2) is 37.1 Å². The fourth-order valence-electron chi connectivity index (χ4n) is 11.1. The number of allylic oxidation sites excluding steroid dienone is 2. The molecule has 0 saturated heterocycles. The van der Waals surface area contributed by atoms with E-state index in [1.165, 1.54) is 69.8 Å². The van der Waals surface area contributed by atoms with Crippen LogP contribution < -0.4 is 22.1 Å². The van der Waals surface area contributed by atoms with Crippen molar-refractivity contribution in [3.8, 4) is 0 Å². The second kappa shape index (κ2) is 18.6. The fourth-order valence-corrected chi connectivity index (χ4v) is 11.1. The van der Waals surface area contributed by atoms with Crippen LogP contribution >= 0.6 is 0 Å². The first kappa shape index (κ1) is 41.1. The Hall–Kier alpha value is -1.10. The summed E-state index contributed by atoms with van der Waals surface area (Å²) in [6, 6.07) is -0.00759. The third kappa shape index (κ3) is 9.53. The predicted molar refractivity (Wildman–Crippen MR) is 205 cm³/mol. The summed E-state index contributed by atoms with van der Waals surface area (Å²) in [6.07, 6.45) is 18.2. The number of nitrogens with one attached hydrogen (secondary N) is 2. The van der Waals surface area contributed by atoms with Gasteiger partial charge in [-0.3, -0.25) is 0 Å². The van der Waals surface area contributed by atoms with Crippen molar-refractivity contribution in [2.24, 2.45) is 69.1 Å². The molecule has 46 heavy (non-hydrogen) atoms. The van der Waals surface area contributed by atoms with Crippen LogP contribution in [0.25, 0.3) is 0 Å². The molecule has 0 spiro atoms. The summed E-state index contributed by atoms with van der Waals surface area (Å²) >= 11 is 0. The second-order valence-electron chi connectivity index (χ2n) is 17.4. The number of hydrogen-bond donors (Lipinski definition) is 4. The number of nitrogens with two attached hydrogens (primary N) is 2. The molecular weight excluding hydrogens is 560 g/mol. The van der Waals surface area contributed by atoms with Crippen LogP contribution in [0.4, 0.5) is 0 Å². The van der Waals surface area contributed by atoms with Gasteiger partial charge >= 0.3 is 0 Å². The van der Waals surface area contributed by atoms with Crippen LogP contribution in [0.5, 0.6) is 0 Å². The molecular formula is C42H80N4. The molecule has 4 saturated carbocycles. The summed E-state index contributed by atoms with van der Waals surface area (Å²) in [7, 11) is 0. The van der Waals surface area contributed by atoms with Crippen LogP contribution in [0, 0.1) is 57.7 Å². The van der Waals surface area contributed by atoms with E-state index in [0.29, 0.717) is 34.0 Å². The normalized spacial score (nSPS) is 36.9. The highest BCUT2D eigenvalue weighted by molar-refractivity contribution is 5.21. The lowest BCUT2D eigenvalue weighted by Gasteiger charge is -2.68. The van der Waals surface area contributed by atoms with Crippen molar-refractivity contribution in [1.82, 2.24) is 10.6 Å². The van der Waals surface area contributed by atoms with Gasteiger partial charge in [0.05, 0.1) is 0 Å². The first-order chi connectivity index (χ1) is 21.6. The van der Waals surface area contributed by atoms with E-state index in [9.17, 15) is 0 Å². The lowest BCUT2D eigenvalue weighted by atomic mass is 9.37. The zero-order valence-electron chi connectivity index (χ0n) is 32.3. The quantitative estimate of drug-likeness (QED) is 0.119. The van der Waals surface area contributed by atoms with Gasteiger partial charge in [-0.15, -0.1) is 13.2 Å². The molecule has 4 heteroatoms. The van der Waals surface area contributed by atoms with Crippen LogP contribution in [-0.2, 0) is 0 Å². The Balaban J connectivity index is 0.000000642. The van der Waals surface area contributed by atoms with Crippen molar-refractivity contribution < 1.29 is 0 Å². The molecule has 4 aliphatic carbocycles. The Morgan fingerprint density at radius 3 is 2.15 bits per heavy atom. The summed E-state index contributed by atoms with van der Waals surface area (Å²) in [6.45, 7) is 37.3. The molecule has 0 aliphatic heterocycles. The monoisotopic (exact) mass is 641 g/mol. The average Bonchev–Trinajstić information content (AvgIpc) is 3.29. The average molecular weight is 641 g/mol. The van der Waals surface area contributed by atoms with E-state index in [0.717, 1.165) is 68.4 Å². The van der Waals surface area contributed by atoms with Gasteiger partial charge in [-0.1, -0.05) is 92.4 Å². The van der Waals surface area contributed by atoms with Gasteiger partial charge in [0.2, 0.25) is 0 Å². The van der Waals surface area contributed by atoms with Gasteiger partial charge in [0.25, 0.3) is 0 Å². The molecule has 0 bridgehead atoms. The van der Waals surface area contributed by atoms with Gasteiger partial charge in [-0.25, -0.2) is 0 Å². The minimum absolute atomic E-state index is 0.00759. The Kier molecular flexibility index (Phi) is 16.6. The van der Waals surface area contributed by atoms with E-state index < -0.39 is 0 Å². The molecule has 0 radical (unpaired) electrons. The van der Waals surface area contributed by atoms with Gasteiger partial charge in [0, 0.05) is 18.3 Å². The van der Waals surface area contributed by atoms with Crippen molar-refractivity contribution in [2.75, 3.05) is 26.2 Å². The molecule has 0 aromatic rings. The van der Waals surface area contributed by atoms with Crippen LogP contribution in [-0.4, -0.2) is 32.2 Å². The molecule has 0 heterocycles. The highest BCUT2D eigenvalue weighted by Crippen LogP contribution is 2.75. The Morgan fingerprint density at radius 2 is 1.59 bits per heavy atom. The highest BCUT2D eigenvalue weighted by Gasteiger charge is 2.68. The van der Waals surface area contributed by atoms with Crippen LogP contribution in [0.3, 0.4) is 0 Å². The van der Waals surface area contributed by atoms with E-state index in [1.54, 1.807) is 0 Å². The third-order valence-electron chi connectivity index (χ3n) is 13.4. The summed E-state index contributed by atoms with van der Waals surface area (Å²) in [4.78, 5) is 0. The lowest BCUT2D eigenvalue weighted by molar-refractivity contribution is -0.189. The molecule has 0 aromatic heterocycles. The standard InChI is InChI=1S/C32H58N4.C6H14.C4H8/c1-7-24-21-32(6)26(28(24)29(34)23(3)36-20-10-19-35-18-9-17-33)12-13-27-30(4)15-8-11-22(2)25(30)14-16-31(27,32)5;1-4-5-6(2)3;1-4(2)3/h7,22,24-29,35-36H,1,3,8-21,33-34H2,2,4-6H3;6H,4-5H2,1-3H3;1H2,2-3H3/t22-,24?,25?,26?,27?,28?,29?,30?,31+,32?;;/m1../s1. The van der Waals surface area contributed by atoms with E-state index in [-0.39, 0.29) is 6.04 Å². The van der Waals surface area contributed by atoms with Crippen molar-refractivity contribution in [3.05, 3.63) is 37.1 Å². The summed E-state index contributed by atoms with van der Waals surface area (Å²) < 4.78 is 0. The van der Waals surface area contributed by atoms with E-state index in [4.69, 9.17) is 11.5 Å². The smallest absolute Gasteiger partial charge is 0.0475 e. The summed E-state index contributed by atoms with van der Waals surface area (Å²) in [5.74, 6) is 5.16. The maximum Gasteiger partial charge on any atom is 0.0475 e. The Morgan fingerprint density at radius 1 is 0.935 bits per heavy atom. The maximum absolute atomic E-state index is 7.06. The molecule has 0 aromatic carbocycles. The first-order valence-electron chi connectivity index (χ1n) is 19.5. The van der Waals surface area contributed by atoms with E-state index in [1.807, 2.05) is 13.8 Å². The lowest BCUT2D eigenvalue weighted by Crippen LogP contribution is -2.61. The predicted octanol–water partition coefficient (Wildman–Crippen LogP) is 9.87. The topological polar surface area (TPSA) is 76.1 Å².